The molecular formula is C34H33N5O4S. The number of likely N-dealkylation sites (tertiary alicyclic amines) is 1. The molecule has 2 aliphatic heterocycles. The second-order valence-corrected chi connectivity index (χ2v) is 12.7. The number of nitrogens with one attached hydrogen (secondary N) is 2. The van der Waals surface area contributed by atoms with E-state index in [0.29, 0.717) is 51.5 Å². The van der Waals surface area contributed by atoms with Crippen molar-refractivity contribution in [2.24, 2.45) is 5.92 Å². The van der Waals surface area contributed by atoms with Crippen LogP contribution >= 0.6 is 11.3 Å². The van der Waals surface area contributed by atoms with E-state index < -0.39 is 0 Å². The Hall–Kier alpha value is -4.70. The Morgan fingerprint density at radius 3 is 2.66 bits per heavy atom. The number of anilines is 3. The summed E-state index contributed by atoms with van der Waals surface area (Å²) >= 11 is 1.26. The van der Waals surface area contributed by atoms with Gasteiger partial charge in [-0.05, 0) is 87.4 Å². The van der Waals surface area contributed by atoms with Crippen molar-refractivity contribution in [1.29, 1.82) is 0 Å². The van der Waals surface area contributed by atoms with E-state index in [2.05, 4.69) is 21.7 Å². The fourth-order valence-electron chi connectivity index (χ4n) is 6.02. The van der Waals surface area contributed by atoms with Gasteiger partial charge in [0.2, 0.25) is 5.91 Å². The molecule has 10 heteroatoms. The summed E-state index contributed by atoms with van der Waals surface area (Å²) in [7, 11) is 0. The van der Waals surface area contributed by atoms with Crippen LogP contribution in [0.3, 0.4) is 0 Å². The number of pyridine rings is 1. The zero-order valence-corrected chi connectivity index (χ0v) is 25.4. The van der Waals surface area contributed by atoms with Crippen LogP contribution in [0.4, 0.5) is 21.9 Å². The molecule has 1 aliphatic carbocycles. The van der Waals surface area contributed by atoms with Crippen LogP contribution in [0.1, 0.15) is 47.8 Å². The molecule has 44 heavy (non-hydrogen) atoms. The van der Waals surface area contributed by atoms with Gasteiger partial charge in [0, 0.05) is 30.9 Å². The summed E-state index contributed by atoms with van der Waals surface area (Å²) in [5.41, 5.74) is 3.48. The van der Waals surface area contributed by atoms with Crippen molar-refractivity contribution in [2.45, 2.75) is 45.6 Å². The maximum Gasteiger partial charge on any atom is 0.331 e. The number of thiophene rings is 1. The van der Waals surface area contributed by atoms with Gasteiger partial charge in [-0.25, -0.2) is 9.78 Å². The van der Waals surface area contributed by atoms with Crippen molar-refractivity contribution in [3.05, 3.63) is 82.9 Å². The van der Waals surface area contributed by atoms with Gasteiger partial charge in [-0.1, -0.05) is 24.3 Å². The fraction of sp³-hybridized carbons (Fsp3) is 0.294. The summed E-state index contributed by atoms with van der Waals surface area (Å²) in [6.45, 7) is 4.97. The normalized spacial score (nSPS) is 18.3. The predicted octanol–water partition coefficient (Wildman–Crippen LogP) is 7.16. The molecule has 0 radical (unpaired) electrons. The molecule has 1 saturated heterocycles. The number of benzene rings is 2. The number of nitrogens with zero attached hydrogens (tertiary/aromatic N) is 3. The van der Waals surface area contributed by atoms with Crippen molar-refractivity contribution in [2.75, 3.05) is 23.3 Å². The predicted molar refractivity (Wildman–Crippen MR) is 172 cm³/mol. The second-order valence-electron chi connectivity index (χ2n) is 11.7. The van der Waals surface area contributed by atoms with Gasteiger partial charge >= 0.3 is 6.03 Å². The zero-order chi connectivity index (χ0) is 30.4. The van der Waals surface area contributed by atoms with Crippen molar-refractivity contribution in [3.8, 4) is 11.5 Å². The van der Waals surface area contributed by atoms with E-state index in [-0.39, 0.29) is 23.9 Å². The largest absolute Gasteiger partial charge is 0.457 e. The van der Waals surface area contributed by atoms with Gasteiger partial charge in [0.15, 0.2) is 0 Å². The highest BCUT2D eigenvalue weighted by Crippen LogP contribution is 2.46. The molecule has 4 aromatic rings. The Kier molecular flexibility index (Phi) is 7.29. The maximum atomic E-state index is 13.6. The number of ether oxygens (including phenoxy) is 1. The van der Waals surface area contributed by atoms with Crippen LogP contribution in [0.2, 0.25) is 0 Å². The molecule has 9 nitrogen and oxygen atoms in total. The van der Waals surface area contributed by atoms with Crippen LogP contribution < -0.4 is 20.3 Å². The minimum absolute atomic E-state index is 0.0453. The Balaban J connectivity index is 1.12. The lowest BCUT2D eigenvalue weighted by molar-refractivity contribution is -0.128. The molecule has 0 unspecified atom stereocenters. The molecule has 7 rings (SSSR count). The summed E-state index contributed by atoms with van der Waals surface area (Å²) in [6, 6.07) is 16.4. The number of aryl methyl sites for hydroxylation is 1. The number of para-hydroxylation sites is 1. The lowest BCUT2D eigenvalue weighted by atomic mass is 10.0. The van der Waals surface area contributed by atoms with Gasteiger partial charge in [-0.2, -0.15) is 0 Å². The minimum Gasteiger partial charge on any atom is -0.457 e. The van der Waals surface area contributed by atoms with E-state index >= 15 is 0 Å². The molecule has 0 bridgehead atoms. The number of carbonyl (C=O) groups excluding carboxylic acids is 3. The molecule has 2 fully saturated rings. The third-order valence-electron chi connectivity index (χ3n) is 8.33. The molecule has 1 saturated carbocycles. The molecule has 2 N–H and O–H groups in total. The van der Waals surface area contributed by atoms with E-state index in [1.165, 1.54) is 11.3 Å². The van der Waals surface area contributed by atoms with Gasteiger partial charge in [-0.3, -0.25) is 14.5 Å². The number of aromatic nitrogens is 1. The van der Waals surface area contributed by atoms with Crippen LogP contribution in [0.5, 0.6) is 11.5 Å². The first-order valence-corrected chi connectivity index (χ1v) is 15.8. The third-order valence-corrected chi connectivity index (χ3v) is 9.43. The van der Waals surface area contributed by atoms with Crippen LogP contribution in [0.25, 0.3) is 10.2 Å². The number of urea groups is 1. The Morgan fingerprint density at radius 2 is 1.89 bits per heavy atom. The molecule has 4 heterocycles. The average Bonchev–Trinajstić information content (AvgIpc) is 3.76. The number of piperidine rings is 1. The van der Waals surface area contributed by atoms with Crippen molar-refractivity contribution in [1.82, 2.24) is 15.2 Å². The Morgan fingerprint density at radius 1 is 1.07 bits per heavy atom. The topological polar surface area (TPSA) is 104 Å². The highest BCUT2D eigenvalue weighted by atomic mass is 32.1. The van der Waals surface area contributed by atoms with E-state index in [1.54, 1.807) is 17.2 Å². The number of hydrogen-bond acceptors (Lipinski definition) is 6. The van der Waals surface area contributed by atoms with Crippen LogP contribution in [0, 0.1) is 12.8 Å². The molecule has 4 amide bonds. The first-order chi connectivity index (χ1) is 21.4. The molecular weight excluding hydrogens is 574 g/mol. The maximum absolute atomic E-state index is 13.6. The Labute approximate surface area is 259 Å². The number of amides is 4. The standard InChI is InChI=1S/C34H33N5O4S/c1-20-18-25(43-24-8-4-3-5-9-24)12-13-26(20)39-27-14-15-35-32-28(27)29(37-34(39)42)30(44-32)31(40)36-23-7-6-16-38(19-23)33(41)21(2)17-22-10-11-22/h3-5,8-9,12-15,17-18,22-23H,6-7,10-11,16,19H2,1-2H3,(H,36,40)(H,37,42)/b21-17+/t23-/m1/s1. The fourth-order valence-corrected chi connectivity index (χ4v) is 7.04. The van der Waals surface area contributed by atoms with Gasteiger partial charge in [-0.15, -0.1) is 11.3 Å². The number of hydrogen-bond donors (Lipinski definition) is 2. The first kappa shape index (κ1) is 28.1. The number of carbonyl (C=O) groups is 3. The van der Waals surface area contributed by atoms with Gasteiger partial charge in [0.25, 0.3) is 5.91 Å². The zero-order valence-electron chi connectivity index (χ0n) is 24.6. The Bertz CT molecular complexity index is 1810. The first-order valence-electron chi connectivity index (χ1n) is 15.0. The quantitative estimate of drug-likeness (QED) is 0.217. The summed E-state index contributed by atoms with van der Waals surface area (Å²) in [5.74, 6) is 1.70. The van der Waals surface area contributed by atoms with Crippen LogP contribution in [0.15, 0.2) is 72.4 Å². The lowest BCUT2D eigenvalue weighted by Crippen LogP contribution is -2.49. The van der Waals surface area contributed by atoms with Crippen molar-refractivity contribution < 1.29 is 19.1 Å². The molecule has 2 aromatic carbocycles. The van der Waals surface area contributed by atoms with Gasteiger partial charge < -0.3 is 20.3 Å². The summed E-state index contributed by atoms with van der Waals surface area (Å²) < 4.78 is 5.99. The molecule has 3 aliphatic rings. The van der Waals surface area contributed by atoms with Gasteiger partial charge in [0.1, 0.15) is 21.2 Å². The van der Waals surface area contributed by atoms with Crippen molar-refractivity contribution >= 4 is 56.5 Å². The van der Waals surface area contributed by atoms with E-state index in [9.17, 15) is 14.4 Å². The highest BCUT2D eigenvalue weighted by Gasteiger charge is 2.34. The van der Waals surface area contributed by atoms with Crippen molar-refractivity contribution in [3.63, 3.8) is 0 Å². The average molecular weight is 608 g/mol. The van der Waals surface area contributed by atoms with E-state index in [4.69, 9.17) is 4.74 Å². The van der Waals surface area contributed by atoms with E-state index in [1.807, 2.05) is 67.3 Å². The minimum atomic E-state index is -0.357. The highest BCUT2D eigenvalue weighted by molar-refractivity contribution is 7.21. The third kappa shape index (κ3) is 5.41. The SMILES string of the molecule is C/C(=C\C1CC1)C(=O)N1CCC[C@@H](NC(=O)c2sc3nccc4c3c2NC(=O)N4c2ccc(Oc3ccccc3)cc2C)C1. The molecule has 1 atom stereocenters. The second kappa shape index (κ2) is 11.4. The lowest BCUT2D eigenvalue weighted by Gasteiger charge is -2.33. The number of allylic oxidation sites excluding steroid dienone is 1. The summed E-state index contributed by atoms with van der Waals surface area (Å²) in [6.07, 6.45) is 7.65. The van der Waals surface area contributed by atoms with Crippen LogP contribution in [-0.4, -0.2) is 46.9 Å². The molecule has 224 valence electrons. The number of rotatable bonds is 7. The van der Waals surface area contributed by atoms with Gasteiger partial charge in [0.05, 0.1) is 22.4 Å². The smallest absolute Gasteiger partial charge is 0.331 e. The monoisotopic (exact) mass is 607 g/mol. The summed E-state index contributed by atoms with van der Waals surface area (Å²) in [4.78, 5) is 49.4. The summed E-state index contributed by atoms with van der Waals surface area (Å²) in [5, 5.41) is 6.85. The van der Waals surface area contributed by atoms with E-state index in [0.717, 1.165) is 48.0 Å². The molecule has 0 spiro atoms. The van der Waals surface area contributed by atoms with Crippen LogP contribution in [-0.2, 0) is 4.79 Å². The molecule has 2 aromatic heterocycles.